The van der Waals surface area contributed by atoms with Gasteiger partial charge in [0.2, 0.25) is 5.91 Å². The van der Waals surface area contributed by atoms with Gasteiger partial charge >= 0.3 is 6.18 Å². The predicted octanol–water partition coefficient (Wildman–Crippen LogP) is 2.21. The molecule has 1 fully saturated rings. The SMILES string of the molecule is O=C(Cc1ccccc1C(F)(F)F)N1CC[C@H]2[C@H](C1)OCc1cnnn12. The molecule has 6 nitrogen and oxygen atoms in total. The molecule has 4 rings (SSSR count). The van der Waals surface area contributed by atoms with Crippen molar-refractivity contribution in [2.75, 3.05) is 13.1 Å². The largest absolute Gasteiger partial charge is 0.416 e. The number of benzene rings is 1. The number of fused-ring (bicyclic) bond motifs is 3. The maximum Gasteiger partial charge on any atom is 0.416 e. The molecule has 3 heterocycles. The minimum absolute atomic E-state index is 0.00440. The lowest BCUT2D eigenvalue weighted by atomic mass is 9.98. The minimum atomic E-state index is -4.47. The molecule has 0 spiro atoms. The molecule has 1 amide bonds. The van der Waals surface area contributed by atoms with Crippen LogP contribution in [0.15, 0.2) is 30.5 Å². The highest BCUT2D eigenvalue weighted by Gasteiger charge is 2.38. The zero-order valence-corrected chi connectivity index (χ0v) is 13.8. The Labute approximate surface area is 147 Å². The van der Waals surface area contributed by atoms with Crippen molar-refractivity contribution in [1.29, 1.82) is 0 Å². The molecule has 2 aromatic rings. The molecule has 1 aromatic carbocycles. The normalized spacial score (nSPS) is 22.7. The van der Waals surface area contributed by atoms with Crippen LogP contribution in [0.3, 0.4) is 0 Å². The Kier molecular flexibility index (Phi) is 4.18. The van der Waals surface area contributed by atoms with E-state index in [1.54, 1.807) is 11.1 Å². The molecular formula is C17H17F3N4O2. The number of carbonyl (C=O) groups excluding carboxylic acids is 1. The van der Waals surface area contributed by atoms with Gasteiger partial charge in [0, 0.05) is 13.1 Å². The number of nitrogens with zero attached hydrogens (tertiary/aromatic N) is 4. The van der Waals surface area contributed by atoms with Crippen LogP contribution in [-0.4, -0.2) is 45.0 Å². The van der Waals surface area contributed by atoms with Gasteiger partial charge in [-0.2, -0.15) is 13.2 Å². The van der Waals surface area contributed by atoms with E-state index in [0.29, 0.717) is 26.1 Å². The number of carbonyl (C=O) groups is 1. The van der Waals surface area contributed by atoms with Crippen molar-refractivity contribution < 1.29 is 22.7 Å². The van der Waals surface area contributed by atoms with Gasteiger partial charge in [-0.1, -0.05) is 23.4 Å². The van der Waals surface area contributed by atoms with E-state index >= 15 is 0 Å². The van der Waals surface area contributed by atoms with E-state index in [9.17, 15) is 18.0 Å². The van der Waals surface area contributed by atoms with Gasteiger partial charge in [-0.3, -0.25) is 4.79 Å². The summed E-state index contributed by atoms with van der Waals surface area (Å²) in [6, 6.07) is 5.21. The number of piperidine rings is 1. The highest BCUT2D eigenvalue weighted by atomic mass is 19.4. The average molecular weight is 366 g/mol. The molecule has 0 bridgehead atoms. The first kappa shape index (κ1) is 17.0. The average Bonchev–Trinajstić information content (AvgIpc) is 3.10. The predicted molar refractivity (Wildman–Crippen MR) is 84.0 cm³/mol. The smallest absolute Gasteiger partial charge is 0.368 e. The zero-order valence-electron chi connectivity index (χ0n) is 13.8. The molecule has 0 unspecified atom stereocenters. The van der Waals surface area contributed by atoms with Crippen LogP contribution in [0.25, 0.3) is 0 Å². The lowest BCUT2D eigenvalue weighted by Crippen LogP contribution is -2.50. The van der Waals surface area contributed by atoms with Crippen molar-refractivity contribution in [3.63, 3.8) is 0 Å². The van der Waals surface area contributed by atoms with Crippen molar-refractivity contribution in [2.24, 2.45) is 0 Å². The first-order valence-corrected chi connectivity index (χ1v) is 8.37. The van der Waals surface area contributed by atoms with E-state index in [1.165, 1.54) is 18.2 Å². The standard InChI is InChI=1S/C17H17F3N4O2/c18-17(19,20)13-4-2-1-3-11(13)7-16(25)23-6-5-14-15(9-23)26-10-12-8-21-22-24(12)14/h1-4,8,14-15H,5-7,9-10H2/t14-,15-/m0/s1. The molecular weight excluding hydrogens is 349 g/mol. The van der Waals surface area contributed by atoms with Crippen LogP contribution in [0, 0.1) is 0 Å². The Bertz CT molecular complexity index is 820. The van der Waals surface area contributed by atoms with Crippen molar-refractivity contribution >= 4 is 5.91 Å². The summed E-state index contributed by atoms with van der Waals surface area (Å²) in [5, 5.41) is 7.96. The molecule has 2 atom stereocenters. The van der Waals surface area contributed by atoms with Crippen LogP contribution in [-0.2, 0) is 28.7 Å². The quantitative estimate of drug-likeness (QED) is 0.818. The number of likely N-dealkylation sites (tertiary alicyclic amines) is 1. The Hall–Kier alpha value is -2.42. The van der Waals surface area contributed by atoms with Crippen molar-refractivity contribution in [2.45, 2.75) is 37.8 Å². The highest BCUT2D eigenvalue weighted by molar-refractivity contribution is 5.79. The Morgan fingerprint density at radius 2 is 2.12 bits per heavy atom. The van der Waals surface area contributed by atoms with Crippen LogP contribution in [0.4, 0.5) is 13.2 Å². The maximum absolute atomic E-state index is 13.1. The molecule has 1 saturated heterocycles. The highest BCUT2D eigenvalue weighted by Crippen LogP contribution is 2.33. The third-order valence-corrected chi connectivity index (χ3v) is 4.95. The number of alkyl halides is 3. The molecule has 0 saturated carbocycles. The zero-order chi connectivity index (χ0) is 18.3. The Morgan fingerprint density at radius 1 is 1.31 bits per heavy atom. The summed E-state index contributed by atoms with van der Waals surface area (Å²) in [5.41, 5.74) is 0.129. The van der Waals surface area contributed by atoms with E-state index < -0.39 is 11.7 Å². The molecule has 0 radical (unpaired) electrons. The number of amides is 1. The fourth-order valence-electron chi connectivity index (χ4n) is 3.64. The second-order valence-corrected chi connectivity index (χ2v) is 6.55. The first-order chi connectivity index (χ1) is 12.4. The Balaban J connectivity index is 1.47. The van der Waals surface area contributed by atoms with Gasteiger partial charge in [0.05, 0.1) is 42.6 Å². The van der Waals surface area contributed by atoms with E-state index in [4.69, 9.17) is 4.74 Å². The summed E-state index contributed by atoms with van der Waals surface area (Å²) in [6.45, 7) is 1.17. The van der Waals surface area contributed by atoms with Gasteiger partial charge in [-0.25, -0.2) is 4.68 Å². The molecule has 9 heteroatoms. The van der Waals surface area contributed by atoms with Gasteiger partial charge in [0.25, 0.3) is 0 Å². The van der Waals surface area contributed by atoms with E-state index in [-0.39, 0.29) is 30.0 Å². The van der Waals surface area contributed by atoms with Gasteiger partial charge in [-0.15, -0.1) is 5.10 Å². The summed E-state index contributed by atoms with van der Waals surface area (Å²) < 4.78 is 47.0. The maximum atomic E-state index is 13.1. The third kappa shape index (κ3) is 3.07. The van der Waals surface area contributed by atoms with Crippen molar-refractivity contribution in [1.82, 2.24) is 19.9 Å². The second-order valence-electron chi connectivity index (χ2n) is 6.55. The molecule has 138 valence electrons. The van der Waals surface area contributed by atoms with Gasteiger partial charge in [0.1, 0.15) is 0 Å². The van der Waals surface area contributed by atoms with Crippen LogP contribution in [0.2, 0.25) is 0 Å². The van der Waals surface area contributed by atoms with E-state index in [1.807, 2.05) is 4.68 Å². The topological polar surface area (TPSA) is 60.3 Å². The number of hydrogen-bond acceptors (Lipinski definition) is 4. The Morgan fingerprint density at radius 3 is 2.92 bits per heavy atom. The molecule has 0 N–H and O–H groups in total. The lowest BCUT2D eigenvalue weighted by Gasteiger charge is -2.41. The number of aromatic nitrogens is 3. The van der Waals surface area contributed by atoms with Gasteiger partial charge in [0.15, 0.2) is 0 Å². The monoisotopic (exact) mass is 366 g/mol. The number of rotatable bonds is 2. The van der Waals surface area contributed by atoms with Gasteiger partial charge in [-0.05, 0) is 18.1 Å². The fraction of sp³-hybridized carbons (Fsp3) is 0.471. The van der Waals surface area contributed by atoms with Crippen LogP contribution in [0.1, 0.15) is 29.3 Å². The third-order valence-electron chi connectivity index (χ3n) is 4.95. The van der Waals surface area contributed by atoms with E-state index in [0.717, 1.165) is 11.8 Å². The fourth-order valence-corrected chi connectivity index (χ4v) is 3.64. The molecule has 2 aliphatic rings. The lowest BCUT2D eigenvalue weighted by molar-refractivity contribution is -0.141. The summed E-state index contributed by atoms with van der Waals surface area (Å²) in [5.74, 6) is -0.326. The number of halogens is 3. The van der Waals surface area contributed by atoms with Crippen molar-refractivity contribution in [3.8, 4) is 0 Å². The van der Waals surface area contributed by atoms with Crippen LogP contribution >= 0.6 is 0 Å². The van der Waals surface area contributed by atoms with Gasteiger partial charge < -0.3 is 9.64 Å². The summed E-state index contributed by atoms with van der Waals surface area (Å²) in [4.78, 5) is 14.2. The first-order valence-electron chi connectivity index (χ1n) is 8.37. The molecule has 2 aliphatic heterocycles. The number of ether oxygens (including phenoxy) is 1. The summed E-state index contributed by atoms with van der Waals surface area (Å²) >= 11 is 0. The van der Waals surface area contributed by atoms with E-state index in [2.05, 4.69) is 10.3 Å². The molecule has 26 heavy (non-hydrogen) atoms. The molecule has 0 aliphatic carbocycles. The summed E-state index contributed by atoms with van der Waals surface area (Å²) in [6.07, 6.45) is -2.68. The van der Waals surface area contributed by atoms with Crippen molar-refractivity contribution in [3.05, 3.63) is 47.3 Å². The van der Waals surface area contributed by atoms with Crippen LogP contribution < -0.4 is 0 Å². The summed E-state index contributed by atoms with van der Waals surface area (Å²) in [7, 11) is 0. The second kappa shape index (κ2) is 6.39. The minimum Gasteiger partial charge on any atom is -0.368 e. The number of hydrogen-bond donors (Lipinski definition) is 0. The van der Waals surface area contributed by atoms with Crippen LogP contribution in [0.5, 0.6) is 0 Å². The molecule has 1 aromatic heterocycles.